The van der Waals surface area contributed by atoms with Crippen molar-refractivity contribution in [2.75, 3.05) is 32.5 Å². The number of nitrogens with two attached hydrogens (primary N) is 1. The summed E-state index contributed by atoms with van der Waals surface area (Å²) in [6, 6.07) is 0. The molecule has 1 aromatic heterocycles. The van der Waals surface area contributed by atoms with E-state index < -0.39 is 5.54 Å². The molecule has 1 fully saturated rings. The Morgan fingerprint density at radius 1 is 1.37 bits per heavy atom. The van der Waals surface area contributed by atoms with Gasteiger partial charge in [0.25, 0.3) is 0 Å². The van der Waals surface area contributed by atoms with Gasteiger partial charge >= 0.3 is 0 Å². The van der Waals surface area contributed by atoms with Crippen LogP contribution in [0.2, 0.25) is 0 Å². The van der Waals surface area contributed by atoms with Crippen LogP contribution in [-0.4, -0.2) is 59.2 Å². The van der Waals surface area contributed by atoms with Crippen molar-refractivity contribution in [1.82, 2.24) is 20.0 Å². The first-order valence-corrected chi connectivity index (χ1v) is 8.81. The minimum absolute atomic E-state index is 0. The molecule has 27 heavy (non-hydrogen) atoms. The van der Waals surface area contributed by atoms with E-state index in [2.05, 4.69) is 15.7 Å². The van der Waals surface area contributed by atoms with Crippen molar-refractivity contribution in [3.63, 3.8) is 0 Å². The molecule has 1 aromatic rings. The van der Waals surface area contributed by atoms with Gasteiger partial charge in [-0.2, -0.15) is 5.10 Å². The van der Waals surface area contributed by atoms with Crippen molar-refractivity contribution in [1.29, 1.82) is 0 Å². The zero-order valence-corrected chi connectivity index (χ0v) is 17.9. The van der Waals surface area contributed by atoms with Gasteiger partial charge in [0.2, 0.25) is 11.8 Å². The molecule has 0 bridgehead atoms. The lowest BCUT2D eigenvalue weighted by molar-refractivity contribution is -0.123. The summed E-state index contributed by atoms with van der Waals surface area (Å²) < 4.78 is 1.52. The fourth-order valence-electron chi connectivity index (χ4n) is 3.15. The molecule has 0 saturated heterocycles. The van der Waals surface area contributed by atoms with Crippen molar-refractivity contribution < 1.29 is 9.59 Å². The summed E-state index contributed by atoms with van der Waals surface area (Å²) in [4.78, 5) is 26.4. The fourth-order valence-corrected chi connectivity index (χ4v) is 3.15. The van der Waals surface area contributed by atoms with Crippen molar-refractivity contribution in [2.24, 2.45) is 11.7 Å². The Balaban J connectivity index is 0.00000338. The van der Waals surface area contributed by atoms with Gasteiger partial charge in [0, 0.05) is 24.8 Å². The maximum absolute atomic E-state index is 12.5. The SMILES string of the molecule is CN(C)CCNC(=O)Cn1cc(NC(=O)C2CCCCC2(C)N)cn1.Cl.Cl. The first kappa shape index (κ1) is 25.6. The maximum Gasteiger partial charge on any atom is 0.241 e. The lowest BCUT2D eigenvalue weighted by Crippen LogP contribution is -2.51. The van der Waals surface area contributed by atoms with E-state index in [0.29, 0.717) is 12.2 Å². The molecule has 1 aliphatic rings. The zero-order valence-electron chi connectivity index (χ0n) is 16.2. The van der Waals surface area contributed by atoms with Crippen molar-refractivity contribution in [3.8, 4) is 0 Å². The molecule has 2 atom stereocenters. The summed E-state index contributed by atoms with van der Waals surface area (Å²) in [6.07, 6.45) is 6.98. The van der Waals surface area contributed by atoms with Gasteiger partial charge in [-0.05, 0) is 33.9 Å². The van der Waals surface area contributed by atoms with E-state index in [1.54, 1.807) is 12.4 Å². The first-order chi connectivity index (χ1) is 11.8. The van der Waals surface area contributed by atoms with Crippen LogP contribution in [0.15, 0.2) is 12.4 Å². The summed E-state index contributed by atoms with van der Waals surface area (Å²) in [5.74, 6) is -0.372. The van der Waals surface area contributed by atoms with E-state index in [-0.39, 0.29) is 49.1 Å². The molecule has 1 saturated carbocycles. The van der Waals surface area contributed by atoms with Gasteiger partial charge in [-0.25, -0.2) is 0 Å². The normalized spacial score (nSPS) is 21.7. The third-order valence-corrected chi connectivity index (χ3v) is 4.66. The molecule has 2 amide bonds. The van der Waals surface area contributed by atoms with Gasteiger partial charge < -0.3 is 21.3 Å². The summed E-state index contributed by atoms with van der Waals surface area (Å²) in [7, 11) is 3.90. The number of anilines is 1. The van der Waals surface area contributed by atoms with Gasteiger partial charge in [0.1, 0.15) is 6.54 Å². The average Bonchev–Trinajstić information content (AvgIpc) is 2.93. The van der Waals surface area contributed by atoms with E-state index in [4.69, 9.17) is 5.73 Å². The number of rotatable bonds is 7. The molecule has 4 N–H and O–H groups in total. The van der Waals surface area contributed by atoms with E-state index >= 15 is 0 Å². The van der Waals surface area contributed by atoms with Crippen LogP contribution < -0.4 is 16.4 Å². The molecule has 156 valence electrons. The fraction of sp³-hybridized carbons (Fsp3) is 0.706. The molecule has 10 heteroatoms. The molecule has 8 nitrogen and oxygen atoms in total. The monoisotopic (exact) mass is 422 g/mol. The lowest BCUT2D eigenvalue weighted by atomic mass is 9.74. The van der Waals surface area contributed by atoms with E-state index in [0.717, 1.165) is 32.2 Å². The Hall–Kier alpha value is -1.35. The van der Waals surface area contributed by atoms with Crippen molar-refractivity contribution in [2.45, 2.75) is 44.7 Å². The molecule has 2 unspecified atom stereocenters. The predicted molar refractivity (Wildman–Crippen MR) is 111 cm³/mol. The third kappa shape index (κ3) is 8.04. The van der Waals surface area contributed by atoms with Gasteiger partial charge in [-0.15, -0.1) is 24.8 Å². The lowest BCUT2D eigenvalue weighted by Gasteiger charge is -2.37. The highest BCUT2D eigenvalue weighted by Gasteiger charge is 2.37. The maximum atomic E-state index is 12.5. The van der Waals surface area contributed by atoms with Gasteiger partial charge in [0.15, 0.2) is 0 Å². The molecule has 0 aromatic carbocycles. The highest BCUT2D eigenvalue weighted by atomic mass is 35.5. The first-order valence-electron chi connectivity index (χ1n) is 8.81. The van der Waals surface area contributed by atoms with Crippen LogP contribution in [0, 0.1) is 5.92 Å². The number of hydrogen-bond donors (Lipinski definition) is 3. The quantitative estimate of drug-likeness (QED) is 0.612. The third-order valence-electron chi connectivity index (χ3n) is 4.66. The second-order valence-corrected chi connectivity index (χ2v) is 7.37. The number of carbonyl (C=O) groups is 2. The molecule has 0 spiro atoms. The minimum Gasteiger partial charge on any atom is -0.353 e. The second kappa shape index (κ2) is 11.5. The number of likely N-dealkylation sites (N-methyl/N-ethyl adjacent to an activating group) is 1. The summed E-state index contributed by atoms with van der Waals surface area (Å²) in [6.45, 7) is 3.44. The van der Waals surface area contributed by atoms with Gasteiger partial charge in [-0.3, -0.25) is 14.3 Å². The number of carbonyl (C=O) groups excluding carboxylic acids is 2. The van der Waals surface area contributed by atoms with Crippen LogP contribution in [0.5, 0.6) is 0 Å². The van der Waals surface area contributed by atoms with Crippen LogP contribution in [0.1, 0.15) is 32.6 Å². The number of aromatic nitrogens is 2. The van der Waals surface area contributed by atoms with Gasteiger partial charge in [0.05, 0.1) is 17.8 Å². The predicted octanol–water partition coefficient (Wildman–Crippen LogP) is 1.25. The number of nitrogens with zero attached hydrogens (tertiary/aromatic N) is 3. The molecular weight excluding hydrogens is 391 g/mol. The number of amides is 2. The van der Waals surface area contributed by atoms with Crippen LogP contribution in [0.4, 0.5) is 5.69 Å². The van der Waals surface area contributed by atoms with Gasteiger partial charge in [-0.1, -0.05) is 12.8 Å². The average molecular weight is 423 g/mol. The standard InChI is InChI=1S/C17H30N6O2.2ClH/c1-17(18)7-5-4-6-14(17)16(25)21-13-10-20-23(11-13)12-15(24)19-8-9-22(2)3;;/h10-11,14H,4-9,12,18H2,1-3H3,(H,19,24)(H,21,25);2*1H. The van der Waals surface area contributed by atoms with Crippen LogP contribution in [-0.2, 0) is 16.1 Å². The second-order valence-electron chi connectivity index (χ2n) is 7.37. The minimum atomic E-state index is -0.468. The van der Waals surface area contributed by atoms with Crippen molar-refractivity contribution >= 4 is 42.3 Å². The Morgan fingerprint density at radius 3 is 2.70 bits per heavy atom. The summed E-state index contributed by atoms with van der Waals surface area (Å²) in [5, 5.41) is 9.84. The Bertz CT molecular complexity index is 606. The highest BCUT2D eigenvalue weighted by Crippen LogP contribution is 2.32. The highest BCUT2D eigenvalue weighted by molar-refractivity contribution is 5.93. The van der Waals surface area contributed by atoms with Crippen LogP contribution in [0.3, 0.4) is 0 Å². The zero-order chi connectivity index (χ0) is 18.4. The van der Waals surface area contributed by atoms with Crippen molar-refractivity contribution in [3.05, 3.63) is 12.4 Å². The Kier molecular flexibility index (Phi) is 10.9. The molecule has 0 aliphatic heterocycles. The summed E-state index contributed by atoms with van der Waals surface area (Å²) >= 11 is 0. The van der Waals surface area contributed by atoms with E-state index in [9.17, 15) is 9.59 Å². The Labute approximate surface area is 173 Å². The summed E-state index contributed by atoms with van der Waals surface area (Å²) in [5.41, 5.74) is 6.40. The topological polar surface area (TPSA) is 105 Å². The number of nitrogens with one attached hydrogen (secondary N) is 2. The Morgan fingerprint density at radius 2 is 2.07 bits per heavy atom. The number of hydrogen-bond acceptors (Lipinski definition) is 5. The van der Waals surface area contributed by atoms with E-state index in [1.807, 2.05) is 25.9 Å². The molecular formula is C17H32Cl2N6O2. The molecule has 0 radical (unpaired) electrons. The molecule has 1 heterocycles. The smallest absolute Gasteiger partial charge is 0.241 e. The largest absolute Gasteiger partial charge is 0.353 e. The number of halogens is 2. The van der Waals surface area contributed by atoms with Crippen LogP contribution in [0.25, 0.3) is 0 Å². The molecule has 1 aliphatic carbocycles. The van der Waals surface area contributed by atoms with Crippen LogP contribution >= 0.6 is 24.8 Å². The molecule has 2 rings (SSSR count). The van der Waals surface area contributed by atoms with E-state index in [1.165, 1.54) is 4.68 Å².